The third kappa shape index (κ3) is 5.06. The highest BCUT2D eigenvalue weighted by Crippen LogP contribution is 2.22. The minimum atomic E-state index is -0.208. The zero-order valence-electron chi connectivity index (χ0n) is 14.1. The van der Waals surface area contributed by atoms with Crippen molar-refractivity contribution in [1.82, 2.24) is 15.3 Å². The Morgan fingerprint density at radius 3 is 2.65 bits per heavy atom. The van der Waals surface area contributed by atoms with E-state index >= 15 is 0 Å². The number of carbonyl (C=O) groups excluding carboxylic acids is 1. The van der Waals surface area contributed by atoms with E-state index in [4.69, 9.17) is 0 Å². The van der Waals surface area contributed by atoms with Crippen LogP contribution in [0.1, 0.15) is 43.5 Å². The lowest BCUT2D eigenvalue weighted by molar-refractivity contribution is 0.249. The molecule has 23 heavy (non-hydrogen) atoms. The summed E-state index contributed by atoms with van der Waals surface area (Å²) in [7, 11) is 0. The maximum absolute atomic E-state index is 12.1. The van der Waals surface area contributed by atoms with Crippen LogP contribution in [-0.4, -0.2) is 22.0 Å². The minimum Gasteiger partial charge on any atom is -0.335 e. The van der Waals surface area contributed by atoms with Gasteiger partial charge in [-0.05, 0) is 43.0 Å². The molecule has 0 aliphatic carbocycles. The van der Waals surface area contributed by atoms with E-state index in [1.807, 2.05) is 25.1 Å². The van der Waals surface area contributed by atoms with Crippen LogP contribution in [0, 0.1) is 6.92 Å². The summed E-state index contributed by atoms with van der Waals surface area (Å²) in [4.78, 5) is 20.4. The number of anilines is 1. The lowest BCUT2D eigenvalue weighted by atomic mass is 9.97. The number of nitrogens with one attached hydrogen (secondary N) is 2. The second-order valence-corrected chi connectivity index (χ2v) is 6.13. The number of amides is 2. The molecule has 1 aromatic carbocycles. The Hall–Kier alpha value is -2.43. The quantitative estimate of drug-likeness (QED) is 0.885. The van der Waals surface area contributed by atoms with Gasteiger partial charge in [0.25, 0.3) is 0 Å². The van der Waals surface area contributed by atoms with E-state index in [0.717, 1.165) is 11.4 Å². The first kappa shape index (κ1) is 16.9. The molecule has 5 nitrogen and oxygen atoms in total. The summed E-state index contributed by atoms with van der Waals surface area (Å²) in [5, 5.41) is 5.82. The number of nitrogens with zero attached hydrogens (tertiary/aromatic N) is 2. The van der Waals surface area contributed by atoms with Gasteiger partial charge in [0.05, 0.1) is 5.69 Å². The van der Waals surface area contributed by atoms with E-state index in [1.165, 1.54) is 11.1 Å². The van der Waals surface area contributed by atoms with Gasteiger partial charge in [-0.2, -0.15) is 0 Å². The van der Waals surface area contributed by atoms with Gasteiger partial charge in [-0.3, -0.25) is 9.97 Å². The van der Waals surface area contributed by atoms with Crippen molar-refractivity contribution in [2.45, 2.75) is 46.1 Å². The molecule has 0 unspecified atom stereocenters. The Kier molecular flexibility index (Phi) is 5.68. The Morgan fingerprint density at radius 1 is 1.22 bits per heavy atom. The number of urea groups is 1. The average Bonchev–Trinajstić information content (AvgIpc) is 2.49. The van der Waals surface area contributed by atoms with E-state index in [2.05, 4.69) is 41.4 Å². The summed E-state index contributed by atoms with van der Waals surface area (Å²) in [5.74, 6) is 0.426. The van der Waals surface area contributed by atoms with E-state index in [9.17, 15) is 4.79 Å². The third-order valence-corrected chi connectivity index (χ3v) is 3.67. The summed E-state index contributed by atoms with van der Waals surface area (Å²) in [6.45, 7) is 8.33. The van der Waals surface area contributed by atoms with Crippen molar-refractivity contribution < 1.29 is 4.79 Å². The number of rotatable bonds is 5. The van der Waals surface area contributed by atoms with Crippen LogP contribution >= 0.6 is 0 Å². The Bertz CT molecular complexity index is 655. The molecule has 0 saturated heterocycles. The summed E-state index contributed by atoms with van der Waals surface area (Å²) in [6, 6.07) is 5.76. The summed E-state index contributed by atoms with van der Waals surface area (Å²) >= 11 is 0. The van der Waals surface area contributed by atoms with Crippen LogP contribution in [0.3, 0.4) is 0 Å². The predicted molar refractivity (Wildman–Crippen MR) is 92.6 cm³/mol. The average molecular weight is 312 g/mol. The first-order valence-corrected chi connectivity index (χ1v) is 7.88. The number of hydrogen-bond acceptors (Lipinski definition) is 3. The second-order valence-electron chi connectivity index (χ2n) is 6.13. The van der Waals surface area contributed by atoms with E-state index in [0.29, 0.717) is 12.3 Å². The molecule has 0 aliphatic heterocycles. The molecule has 2 rings (SSSR count). The Morgan fingerprint density at radius 2 is 2.00 bits per heavy atom. The molecule has 1 atom stereocenters. The van der Waals surface area contributed by atoms with Crippen LogP contribution in [0.4, 0.5) is 10.5 Å². The molecule has 2 aromatic rings. The van der Waals surface area contributed by atoms with Crippen molar-refractivity contribution in [3.63, 3.8) is 0 Å². The third-order valence-electron chi connectivity index (χ3n) is 3.67. The van der Waals surface area contributed by atoms with Gasteiger partial charge in [-0.1, -0.05) is 19.9 Å². The molecule has 1 aromatic heterocycles. The minimum absolute atomic E-state index is 0.0262. The molecule has 5 heteroatoms. The maximum Gasteiger partial charge on any atom is 0.319 e. The number of carbonyl (C=O) groups is 1. The molecule has 2 N–H and O–H groups in total. The standard InChI is InChI=1S/C18H24N4O/c1-12(2)17-10-15(6-5-13(17)3)22-18(23)21-14(4)9-16-11-19-7-8-20-16/h5-8,10-12,14H,9H2,1-4H3,(H2,21,22,23)/t14-/m1/s1. The van der Waals surface area contributed by atoms with Crippen molar-refractivity contribution in [3.05, 3.63) is 53.6 Å². The van der Waals surface area contributed by atoms with Gasteiger partial charge in [-0.15, -0.1) is 0 Å². The summed E-state index contributed by atoms with van der Waals surface area (Å²) in [5.41, 5.74) is 4.15. The highest BCUT2D eigenvalue weighted by Gasteiger charge is 2.10. The molecule has 0 bridgehead atoms. The highest BCUT2D eigenvalue weighted by atomic mass is 16.2. The van der Waals surface area contributed by atoms with Crippen LogP contribution < -0.4 is 10.6 Å². The molecule has 122 valence electrons. The predicted octanol–water partition coefficient (Wildman–Crippen LogP) is 3.66. The molecule has 1 heterocycles. The monoisotopic (exact) mass is 312 g/mol. The highest BCUT2D eigenvalue weighted by molar-refractivity contribution is 5.89. The fourth-order valence-corrected chi connectivity index (χ4v) is 2.53. The van der Waals surface area contributed by atoms with Gasteiger partial charge in [0.2, 0.25) is 0 Å². The molecule has 0 saturated carbocycles. The first-order chi connectivity index (χ1) is 11.0. The molecule has 0 radical (unpaired) electrons. The number of aryl methyl sites for hydroxylation is 1. The Labute approximate surface area is 137 Å². The van der Waals surface area contributed by atoms with Gasteiger partial charge in [0.15, 0.2) is 0 Å². The van der Waals surface area contributed by atoms with Crippen molar-refractivity contribution >= 4 is 11.7 Å². The van der Waals surface area contributed by atoms with Crippen molar-refractivity contribution in [2.24, 2.45) is 0 Å². The molecular weight excluding hydrogens is 288 g/mol. The van der Waals surface area contributed by atoms with Crippen molar-refractivity contribution in [1.29, 1.82) is 0 Å². The Balaban J connectivity index is 1.93. The molecular formula is C18H24N4O. The zero-order chi connectivity index (χ0) is 16.8. The van der Waals surface area contributed by atoms with Crippen LogP contribution in [0.25, 0.3) is 0 Å². The lowest BCUT2D eigenvalue weighted by Gasteiger charge is -2.16. The fourth-order valence-electron chi connectivity index (χ4n) is 2.53. The van der Waals surface area contributed by atoms with Gasteiger partial charge in [0, 0.05) is 36.7 Å². The first-order valence-electron chi connectivity index (χ1n) is 7.88. The van der Waals surface area contributed by atoms with Gasteiger partial charge in [-0.25, -0.2) is 4.79 Å². The maximum atomic E-state index is 12.1. The second kappa shape index (κ2) is 7.72. The smallest absolute Gasteiger partial charge is 0.319 e. The van der Waals surface area contributed by atoms with Crippen LogP contribution in [-0.2, 0) is 6.42 Å². The normalized spacial score (nSPS) is 12.0. The van der Waals surface area contributed by atoms with Gasteiger partial charge >= 0.3 is 6.03 Å². The number of aromatic nitrogens is 2. The SMILES string of the molecule is Cc1ccc(NC(=O)N[C@H](C)Cc2cnccn2)cc1C(C)C. The lowest BCUT2D eigenvalue weighted by Crippen LogP contribution is -2.37. The van der Waals surface area contributed by atoms with Crippen LogP contribution in [0.5, 0.6) is 0 Å². The van der Waals surface area contributed by atoms with Crippen molar-refractivity contribution in [3.8, 4) is 0 Å². The van der Waals surface area contributed by atoms with Crippen LogP contribution in [0.15, 0.2) is 36.8 Å². The fraction of sp³-hybridized carbons (Fsp3) is 0.389. The van der Waals surface area contributed by atoms with Gasteiger partial charge < -0.3 is 10.6 Å². The molecule has 2 amide bonds. The molecule has 0 aliphatic rings. The number of benzene rings is 1. The van der Waals surface area contributed by atoms with Gasteiger partial charge in [0.1, 0.15) is 0 Å². The van der Waals surface area contributed by atoms with Crippen molar-refractivity contribution in [2.75, 3.05) is 5.32 Å². The van der Waals surface area contributed by atoms with E-state index < -0.39 is 0 Å². The largest absolute Gasteiger partial charge is 0.335 e. The molecule has 0 fully saturated rings. The van der Waals surface area contributed by atoms with E-state index in [-0.39, 0.29) is 12.1 Å². The van der Waals surface area contributed by atoms with Crippen LogP contribution in [0.2, 0.25) is 0 Å². The number of hydrogen-bond donors (Lipinski definition) is 2. The molecule has 0 spiro atoms. The van der Waals surface area contributed by atoms with E-state index in [1.54, 1.807) is 18.6 Å². The topological polar surface area (TPSA) is 66.9 Å². The summed E-state index contributed by atoms with van der Waals surface area (Å²) < 4.78 is 0. The zero-order valence-corrected chi connectivity index (χ0v) is 14.1. The summed E-state index contributed by atoms with van der Waals surface area (Å²) in [6.07, 6.45) is 5.65.